The molecule has 0 spiro atoms. The van der Waals surface area contributed by atoms with Gasteiger partial charge in [0.05, 0.1) is 6.54 Å². The summed E-state index contributed by atoms with van der Waals surface area (Å²) in [5.41, 5.74) is 1.11. The molecule has 0 radical (unpaired) electrons. The van der Waals surface area contributed by atoms with Crippen LogP contribution in [0.3, 0.4) is 0 Å². The highest BCUT2D eigenvalue weighted by Gasteiger charge is 2.09. The molecule has 0 unspecified atom stereocenters. The van der Waals surface area contributed by atoms with E-state index in [-0.39, 0.29) is 5.91 Å². The number of hydrogen-bond acceptors (Lipinski definition) is 3. The third-order valence-electron chi connectivity index (χ3n) is 2.78. The van der Waals surface area contributed by atoms with E-state index in [0.717, 1.165) is 10.0 Å². The molecule has 1 heterocycles. The summed E-state index contributed by atoms with van der Waals surface area (Å²) >= 11 is 3.39. The number of aromatic nitrogens is 3. The Morgan fingerprint density at radius 3 is 2.74 bits per heavy atom. The van der Waals surface area contributed by atoms with Gasteiger partial charge in [-0.3, -0.25) is 9.48 Å². The lowest BCUT2D eigenvalue weighted by Crippen LogP contribution is -2.27. The zero-order valence-corrected chi connectivity index (χ0v) is 12.2. The van der Waals surface area contributed by atoms with Gasteiger partial charge in [-0.1, -0.05) is 28.1 Å². The second-order valence-electron chi connectivity index (χ2n) is 4.28. The normalized spacial score (nSPS) is 10.4. The largest absolute Gasteiger partial charge is 0.341 e. The summed E-state index contributed by atoms with van der Waals surface area (Å²) in [5.74, 6) is 0.0958. The molecule has 1 amide bonds. The highest BCUT2D eigenvalue weighted by atomic mass is 79.9. The maximum Gasteiger partial charge on any atom is 0.224 e. The van der Waals surface area contributed by atoms with Gasteiger partial charge in [-0.25, -0.2) is 4.98 Å². The summed E-state index contributed by atoms with van der Waals surface area (Å²) in [7, 11) is 1.81. The van der Waals surface area contributed by atoms with Crippen molar-refractivity contribution in [3.8, 4) is 0 Å². The van der Waals surface area contributed by atoms with Crippen molar-refractivity contribution in [2.45, 2.75) is 19.5 Å². The first-order valence-electron chi connectivity index (χ1n) is 5.96. The summed E-state index contributed by atoms with van der Waals surface area (Å²) in [4.78, 5) is 17.5. The van der Waals surface area contributed by atoms with Crippen molar-refractivity contribution in [2.24, 2.45) is 0 Å². The van der Waals surface area contributed by atoms with Gasteiger partial charge in [-0.2, -0.15) is 5.10 Å². The Kier molecular flexibility index (Phi) is 4.68. The maximum atomic E-state index is 12.0. The van der Waals surface area contributed by atoms with Crippen LogP contribution < -0.4 is 0 Å². The number of aryl methyl sites for hydroxylation is 1. The van der Waals surface area contributed by atoms with Crippen LogP contribution in [0.2, 0.25) is 0 Å². The molecule has 1 aromatic heterocycles. The quantitative estimate of drug-likeness (QED) is 0.847. The van der Waals surface area contributed by atoms with Crippen LogP contribution in [0, 0.1) is 0 Å². The van der Waals surface area contributed by atoms with Crippen LogP contribution in [-0.2, 0) is 17.9 Å². The molecule has 0 atom stereocenters. The molecule has 0 fully saturated rings. The minimum absolute atomic E-state index is 0.0958. The van der Waals surface area contributed by atoms with Crippen molar-refractivity contribution in [1.29, 1.82) is 0 Å². The Morgan fingerprint density at radius 1 is 1.37 bits per heavy atom. The lowest BCUT2D eigenvalue weighted by molar-refractivity contribution is -0.130. The Bertz CT molecular complexity index is 524. The smallest absolute Gasteiger partial charge is 0.224 e. The number of rotatable bonds is 5. The van der Waals surface area contributed by atoms with E-state index in [9.17, 15) is 4.79 Å². The molecule has 0 saturated heterocycles. The molecule has 2 rings (SSSR count). The molecule has 0 bridgehead atoms. The molecular weight excluding hydrogens is 308 g/mol. The van der Waals surface area contributed by atoms with Gasteiger partial charge >= 0.3 is 0 Å². The van der Waals surface area contributed by atoms with Gasteiger partial charge in [0.2, 0.25) is 5.91 Å². The first-order valence-corrected chi connectivity index (χ1v) is 6.75. The van der Waals surface area contributed by atoms with E-state index in [1.54, 1.807) is 15.9 Å². The van der Waals surface area contributed by atoms with Crippen molar-refractivity contribution in [1.82, 2.24) is 19.7 Å². The van der Waals surface area contributed by atoms with E-state index in [2.05, 4.69) is 26.0 Å². The van der Waals surface area contributed by atoms with Crippen molar-refractivity contribution in [3.05, 3.63) is 47.0 Å². The number of hydrogen-bond donors (Lipinski definition) is 0. The minimum Gasteiger partial charge on any atom is -0.341 e. The van der Waals surface area contributed by atoms with E-state index in [4.69, 9.17) is 0 Å². The Hall–Kier alpha value is -1.69. The van der Waals surface area contributed by atoms with Gasteiger partial charge in [0.1, 0.15) is 12.7 Å². The molecule has 0 aliphatic rings. The molecule has 100 valence electrons. The highest BCUT2D eigenvalue weighted by Crippen LogP contribution is 2.12. The molecule has 6 heteroatoms. The molecule has 19 heavy (non-hydrogen) atoms. The molecule has 2 aromatic rings. The number of halogens is 1. The molecule has 0 N–H and O–H groups in total. The molecule has 0 saturated carbocycles. The van der Waals surface area contributed by atoms with Gasteiger partial charge in [-0.15, -0.1) is 0 Å². The van der Waals surface area contributed by atoms with Crippen LogP contribution in [0.4, 0.5) is 0 Å². The summed E-state index contributed by atoms with van der Waals surface area (Å²) in [6.07, 6.45) is 3.51. The van der Waals surface area contributed by atoms with Crippen molar-refractivity contribution in [3.63, 3.8) is 0 Å². The van der Waals surface area contributed by atoms with Crippen molar-refractivity contribution < 1.29 is 4.79 Å². The SMILES string of the molecule is CN(Cc1ccc(Br)cc1)C(=O)CCn1cncn1. The molecule has 0 aliphatic heterocycles. The average Bonchev–Trinajstić information content (AvgIpc) is 2.91. The van der Waals surface area contributed by atoms with Crippen molar-refractivity contribution >= 4 is 21.8 Å². The molecule has 5 nitrogen and oxygen atoms in total. The van der Waals surface area contributed by atoms with Crippen LogP contribution in [0.15, 0.2) is 41.4 Å². The summed E-state index contributed by atoms with van der Waals surface area (Å²) < 4.78 is 2.70. The number of benzene rings is 1. The van der Waals surface area contributed by atoms with Gasteiger partial charge in [0.25, 0.3) is 0 Å². The molecule has 1 aromatic carbocycles. The first-order chi connectivity index (χ1) is 9.15. The standard InChI is InChI=1S/C13H15BrN4O/c1-17(8-11-2-4-12(14)5-3-11)13(19)6-7-18-10-15-9-16-18/h2-5,9-10H,6-8H2,1H3. The second kappa shape index (κ2) is 6.47. The predicted octanol–water partition coefficient (Wildman–Crippen LogP) is 2.09. The highest BCUT2D eigenvalue weighted by molar-refractivity contribution is 9.10. The van der Waals surface area contributed by atoms with E-state index >= 15 is 0 Å². The average molecular weight is 323 g/mol. The topological polar surface area (TPSA) is 51.0 Å². The number of amides is 1. The summed E-state index contributed by atoms with van der Waals surface area (Å²) in [6.45, 7) is 1.17. The number of carbonyl (C=O) groups excluding carboxylic acids is 1. The summed E-state index contributed by atoms with van der Waals surface area (Å²) in [6, 6.07) is 7.96. The van der Waals surface area contributed by atoms with Gasteiger partial charge in [0.15, 0.2) is 0 Å². The lowest BCUT2D eigenvalue weighted by Gasteiger charge is -2.17. The monoisotopic (exact) mass is 322 g/mol. The van der Waals surface area contributed by atoms with Crippen LogP contribution in [0.25, 0.3) is 0 Å². The van der Waals surface area contributed by atoms with Crippen LogP contribution in [0.5, 0.6) is 0 Å². The van der Waals surface area contributed by atoms with E-state index < -0.39 is 0 Å². The lowest BCUT2D eigenvalue weighted by atomic mass is 10.2. The third kappa shape index (κ3) is 4.17. The zero-order valence-electron chi connectivity index (χ0n) is 10.7. The van der Waals surface area contributed by atoms with Crippen LogP contribution >= 0.6 is 15.9 Å². The van der Waals surface area contributed by atoms with E-state index in [1.807, 2.05) is 31.3 Å². The van der Waals surface area contributed by atoms with Gasteiger partial charge < -0.3 is 4.90 Å². The Labute approximate surface area is 120 Å². The van der Waals surface area contributed by atoms with Crippen molar-refractivity contribution in [2.75, 3.05) is 7.05 Å². The first kappa shape index (κ1) is 13.7. The Morgan fingerprint density at radius 2 is 2.11 bits per heavy atom. The fraction of sp³-hybridized carbons (Fsp3) is 0.308. The summed E-state index contributed by atoms with van der Waals surface area (Å²) in [5, 5.41) is 3.97. The Balaban J connectivity index is 1.83. The second-order valence-corrected chi connectivity index (χ2v) is 5.20. The van der Waals surface area contributed by atoms with Gasteiger partial charge in [0, 0.05) is 24.5 Å². The van der Waals surface area contributed by atoms with E-state index in [0.29, 0.717) is 19.5 Å². The molecule has 0 aliphatic carbocycles. The maximum absolute atomic E-state index is 12.0. The third-order valence-corrected chi connectivity index (χ3v) is 3.31. The fourth-order valence-electron chi connectivity index (χ4n) is 1.70. The molecular formula is C13H15BrN4O. The van der Waals surface area contributed by atoms with E-state index in [1.165, 1.54) is 6.33 Å². The van der Waals surface area contributed by atoms with Crippen LogP contribution in [-0.4, -0.2) is 32.6 Å². The zero-order chi connectivity index (χ0) is 13.7. The number of carbonyl (C=O) groups is 1. The minimum atomic E-state index is 0.0958. The fourth-order valence-corrected chi connectivity index (χ4v) is 1.97. The van der Waals surface area contributed by atoms with Crippen LogP contribution in [0.1, 0.15) is 12.0 Å². The van der Waals surface area contributed by atoms with Gasteiger partial charge in [-0.05, 0) is 17.7 Å². The number of nitrogens with zero attached hydrogens (tertiary/aromatic N) is 4. The predicted molar refractivity (Wildman–Crippen MR) is 75.3 cm³/mol.